The lowest BCUT2D eigenvalue weighted by molar-refractivity contribution is -0.114. The minimum atomic E-state index is -3.21. The zero-order valence-corrected chi connectivity index (χ0v) is 11.4. The Kier molecular flexibility index (Phi) is 3.28. The van der Waals surface area contributed by atoms with Crippen molar-refractivity contribution < 1.29 is 13.2 Å². The number of benzene rings is 1. The largest absolute Gasteiger partial charge is 0.387 e. The first kappa shape index (κ1) is 13.5. The highest BCUT2D eigenvalue weighted by Gasteiger charge is 2.26. The van der Waals surface area contributed by atoms with Crippen LogP contribution in [0.3, 0.4) is 0 Å². The van der Waals surface area contributed by atoms with Crippen molar-refractivity contribution in [3.8, 4) is 0 Å². The van der Waals surface area contributed by atoms with Gasteiger partial charge in [-0.15, -0.1) is 0 Å². The third-order valence-corrected chi connectivity index (χ3v) is 4.15. The van der Waals surface area contributed by atoms with Gasteiger partial charge >= 0.3 is 0 Å². The molecule has 100 valence electrons. The summed E-state index contributed by atoms with van der Waals surface area (Å²) in [6.45, 7) is 1.81. The fourth-order valence-corrected chi connectivity index (χ4v) is 2.43. The van der Waals surface area contributed by atoms with Crippen molar-refractivity contribution in [3.63, 3.8) is 0 Å². The highest BCUT2D eigenvalue weighted by atomic mass is 32.2. The summed E-state index contributed by atoms with van der Waals surface area (Å²) in [6.07, 6.45) is 2.83. The Balaban J connectivity index is 2.33. The van der Waals surface area contributed by atoms with Gasteiger partial charge in [-0.05, 0) is 23.8 Å². The predicted molar refractivity (Wildman–Crippen MR) is 73.3 cm³/mol. The normalized spacial score (nSPS) is 21.8. The molecule has 0 aliphatic carbocycles. The van der Waals surface area contributed by atoms with Crippen LogP contribution in [-0.2, 0) is 14.6 Å². The summed E-state index contributed by atoms with van der Waals surface area (Å²) in [5.74, 6) is -0.233. The smallest absolute Gasteiger partial charge is 0.275 e. The number of amidine groups is 1. The summed E-state index contributed by atoms with van der Waals surface area (Å²) in [5.41, 5.74) is 6.86. The lowest BCUT2D eigenvalue weighted by Crippen LogP contribution is -2.17. The molecule has 0 radical (unpaired) electrons. The number of sulfone groups is 1. The molecular formula is C13H14N2O3S. The van der Waals surface area contributed by atoms with Gasteiger partial charge in [0.2, 0.25) is 0 Å². The van der Waals surface area contributed by atoms with Gasteiger partial charge in [-0.25, -0.2) is 8.42 Å². The van der Waals surface area contributed by atoms with Crippen molar-refractivity contribution in [2.45, 2.75) is 11.8 Å². The second-order valence-electron chi connectivity index (χ2n) is 4.50. The zero-order chi connectivity index (χ0) is 14.2. The van der Waals surface area contributed by atoms with Crippen LogP contribution in [0.2, 0.25) is 0 Å². The predicted octanol–water partition coefficient (Wildman–Crippen LogP) is 1.01. The van der Waals surface area contributed by atoms with E-state index in [1.807, 2.05) is 0 Å². The third-order valence-electron chi connectivity index (χ3n) is 3.02. The molecule has 1 aliphatic heterocycles. The van der Waals surface area contributed by atoms with E-state index < -0.39 is 9.84 Å². The van der Waals surface area contributed by atoms with Crippen LogP contribution in [0, 0.1) is 5.92 Å². The van der Waals surface area contributed by atoms with E-state index in [-0.39, 0.29) is 16.7 Å². The van der Waals surface area contributed by atoms with E-state index in [9.17, 15) is 13.2 Å². The van der Waals surface area contributed by atoms with Gasteiger partial charge in [-0.2, -0.15) is 4.99 Å². The molecule has 1 heterocycles. The molecule has 1 atom stereocenters. The standard InChI is InChI=1S/C13H14N2O3S/c1-8-11(13(16)15-12(8)14)7-9-3-5-10(6-4-9)19(2,17)18/h3-8H,1-2H3,(H2,14,15,16)/b11-7-. The van der Waals surface area contributed by atoms with Gasteiger partial charge in [0.25, 0.3) is 5.91 Å². The van der Waals surface area contributed by atoms with Crippen LogP contribution in [0.25, 0.3) is 6.08 Å². The van der Waals surface area contributed by atoms with Crippen LogP contribution in [0.15, 0.2) is 39.7 Å². The first-order chi connectivity index (χ1) is 8.79. The van der Waals surface area contributed by atoms with Crippen molar-refractivity contribution in [1.29, 1.82) is 0 Å². The molecule has 5 nitrogen and oxygen atoms in total. The SMILES string of the molecule is CC1C(N)=NC(=O)/C1=C\c1ccc(S(C)(=O)=O)cc1. The molecule has 1 amide bonds. The molecule has 1 aromatic carbocycles. The summed E-state index contributed by atoms with van der Waals surface area (Å²) in [7, 11) is -3.21. The van der Waals surface area contributed by atoms with E-state index in [2.05, 4.69) is 4.99 Å². The number of hydrogen-bond donors (Lipinski definition) is 1. The van der Waals surface area contributed by atoms with Crippen molar-refractivity contribution in [2.75, 3.05) is 6.26 Å². The molecule has 2 rings (SSSR count). The van der Waals surface area contributed by atoms with E-state index in [1.165, 1.54) is 12.1 Å². The second kappa shape index (κ2) is 4.62. The Hall–Kier alpha value is -1.95. The second-order valence-corrected chi connectivity index (χ2v) is 6.52. The number of aliphatic imine (C=N–C) groups is 1. The number of carbonyl (C=O) groups is 1. The van der Waals surface area contributed by atoms with E-state index in [1.54, 1.807) is 25.1 Å². The molecule has 6 heteroatoms. The molecule has 0 saturated heterocycles. The average molecular weight is 278 g/mol. The summed E-state index contributed by atoms with van der Waals surface area (Å²) >= 11 is 0. The van der Waals surface area contributed by atoms with Gasteiger partial charge < -0.3 is 5.73 Å². The number of amides is 1. The summed E-state index contributed by atoms with van der Waals surface area (Å²) < 4.78 is 22.7. The van der Waals surface area contributed by atoms with Crippen LogP contribution in [-0.4, -0.2) is 26.4 Å². The number of hydrogen-bond acceptors (Lipinski definition) is 4. The lowest BCUT2D eigenvalue weighted by atomic mass is 10.00. The number of nitrogens with zero attached hydrogens (tertiary/aromatic N) is 1. The maximum absolute atomic E-state index is 11.6. The zero-order valence-electron chi connectivity index (χ0n) is 10.6. The average Bonchev–Trinajstić information content (AvgIpc) is 2.56. The molecule has 1 aliphatic rings. The fraction of sp³-hybridized carbons (Fsp3) is 0.231. The Labute approximate surface area is 111 Å². The topological polar surface area (TPSA) is 89.6 Å². The molecule has 0 saturated carbocycles. The third kappa shape index (κ3) is 2.73. The molecule has 0 bridgehead atoms. The van der Waals surface area contributed by atoms with Crippen molar-refractivity contribution in [1.82, 2.24) is 0 Å². The summed E-state index contributed by atoms with van der Waals surface area (Å²) in [5, 5.41) is 0. The molecule has 0 fully saturated rings. The Morgan fingerprint density at radius 2 is 1.84 bits per heavy atom. The fourth-order valence-electron chi connectivity index (χ4n) is 1.80. The molecule has 1 aromatic rings. The van der Waals surface area contributed by atoms with E-state index in [0.29, 0.717) is 11.4 Å². The van der Waals surface area contributed by atoms with Crippen LogP contribution in [0.1, 0.15) is 12.5 Å². The van der Waals surface area contributed by atoms with Gasteiger partial charge in [-0.1, -0.05) is 19.1 Å². The molecule has 19 heavy (non-hydrogen) atoms. The minimum absolute atomic E-state index is 0.206. The van der Waals surface area contributed by atoms with Crippen LogP contribution < -0.4 is 5.73 Å². The van der Waals surface area contributed by atoms with Gasteiger partial charge in [-0.3, -0.25) is 4.79 Å². The molecule has 2 N–H and O–H groups in total. The Bertz CT molecular complexity index is 685. The molecular weight excluding hydrogens is 264 g/mol. The maximum Gasteiger partial charge on any atom is 0.275 e. The number of carbonyl (C=O) groups excluding carboxylic acids is 1. The highest BCUT2D eigenvalue weighted by molar-refractivity contribution is 7.90. The van der Waals surface area contributed by atoms with Gasteiger partial charge in [0.15, 0.2) is 9.84 Å². The van der Waals surface area contributed by atoms with Crippen molar-refractivity contribution in [2.24, 2.45) is 16.6 Å². The highest BCUT2D eigenvalue weighted by Crippen LogP contribution is 2.23. The summed E-state index contributed by atoms with van der Waals surface area (Å²) in [6, 6.07) is 6.32. The first-order valence-corrected chi connectivity index (χ1v) is 7.58. The molecule has 1 unspecified atom stereocenters. The monoisotopic (exact) mass is 278 g/mol. The van der Waals surface area contributed by atoms with Gasteiger partial charge in [0, 0.05) is 17.7 Å². The minimum Gasteiger partial charge on any atom is -0.387 e. The van der Waals surface area contributed by atoms with Crippen LogP contribution in [0.5, 0.6) is 0 Å². The van der Waals surface area contributed by atoms with Crippen molar-refractivity contribution in [3.05, 3.63) is 35.4 Å². The summed E-state index contributed by atoms with van der Waals surface area (Å²) in [4.78, 5) is 15.5. The van der Waals surface area contributed by atoms with E-state index in [4.69, 9.17) is 5.73 Å². The van der Waals surface area contributed by atoms with Crippen LogP contribution in [0.4, 0.5) is 0 Å². The van der Waals surface area contributed by atoms with E-state index >= 15 is 0 Å². The quantitative estimate of drug-likeness (QED) is 0.817. The van der Waals surface area contributed by atoms with E-state index in [0.717, 1.165) is 11.8 Å². The Morgan fingerprint density at radius 1 is 1.26 bits per heavy atom. The lowest BCUT2D eigenvalue weighted by Gasteiger charge is -2.04. The first-order valence-electron chi connectivity index (χ1n) is 5.69. The van der Waals surface area contributed by atoms with Crippen LogP contribution >= 0.6 is 0 Å². The maximum atomic E-state index is 11.6. The number of rotatable bonds is 2. The Morgan fingerprint density at radius 3 is 2.26 bits per heavy atom. The van der Waals surface area contributed by atoms with Gasteiger partial charge in [0.1, 0.15) is 5.84 Å². The molecule has 0 spiro atoms. The van der Waals surface area contributed by atoms with Gasteiger partial charge in [0.05, 0.1) is 4.90 Å². The molecule has 0 aromatic heterocycles. The number of nitrogens with two attached hydrogens (primary N) is 1. The van der Waals surface area contributed by atoms with Crippen molar-refractivity contribution >= 4 is 27.7 Å².